The Labute approximate surface area is 118 Å². The smallest absolute Gasteiger partial charge is 0.341 e. The molecule has 0 spiro atoms. The van der Waals surface area contributed by atoms with Gasteiger partial charge in [0.05, 0.1) is 23.2 Å². The topological polar surface area (TPSA) is 106 Å². The highest BCUT2D eigenvalue weighted by Crippen LogP contribution is 2.38. The summed E-state index contributed by atoms with van der Waals surface area (Å²) >= 11 is 0. The summed E-state index contributed by atoms with van der Waals surface area (Å²) in [7, 11) is 0. The predicted molar refractivity (Wildman–Crippen MR) is 73.7 cm³/mol. The van der Waals surface area contributed by atoms with E-state index in [1.165, 1.54) is 12.3 Å². The number of hydrogen-bond acceptors (Lipinski definition) is 4. The van der Waals surface area contributed by atoms with Crippen LogP contribution in [0.25, 0.3) is 10.9 Å². The maximum Gasteiger partial charge on any atom is 0.341 e. The summed E-state index contributed by atoms with van der Waals surface area (Å²) in [4.78, 5) is 23.5. The Morgan fingerprint density at radius 2 is 2.14 bits per heavy atom. The van der Waals surface area contributed by atoms with E-state index < -0.39 is 29.4 Å². The molecule has 1 heterocycles. The Morgan fingerprint density at radius 1 is 1.48 bits per heavy atom. The van der Waals surface area contributed by atoms with E-state index in [4.69, 9.17) is 10.8 Å². The molecule has 1 aromatic carbocycles. The van der Waals surface area contributed by atoms with Gasteiger partial charge in [0.25, 0.3) is 0 Å². The van der Waals surface area contributed by atoms with Crippen molar-refractivity contribution in [2.45, 2.75) is 25.5 Å². The lowest BCUT2D eigenvalue weighted by molar-refractivity contribution is 0.0695. The van der Waals surface area contributed by atoms with Gasteiger partial charge in [-0.15, -0.1) is 0 Å². The normalized spacial score (nSPS) is 14.6. The SMILES string of the molecule is Nc1cc2c(c(CO)c1F)c(=O)c(C(=O)O)cn2C1CC1. The molecule has 1 saturated carbocycles. The average Bonchev–Trinajstić information content (AvgIpc) is 3.25. The van der Waals surface area contributed by atoms with E-state index in [0.29, 0.717) is 5.52 Å². The quantitative estimate of drug-likeness (QED) is 0.738. The number of hydrogen-bond donors (Lipinski definition) is 3. The van der Waals surface area contributed by atoms with Crippen molar-refractivity contribution in [3.63, 3.8) is 0 Å². The van der Waals surface area contributed by atoms with Gasteiger partial charge < -0.3 is 20.5 Å². The molecule has 110 valence electrons. The zero-order valence-electron chi connectivity index (χ0n) is 11.0. The molecule has 6 nitrogen and oxygen atoms in total. The highest BCUT2D eigenvalue weighted by molar-refractivity contribution is 5.95. The van der Waals surface area contributed by atoms with Gasteiger partial charge in [0.1, 0.15) is 5.56 Å². The number of rotatable bonds is 3. The maximum absolute atomic E-state index is 14.0. The van der Waals surface area contributed by atoms with Crippen LogP contribution >= 0.6 is 0 Å². The Hall–Kier alpha value is -2.41. The summed E-state index contributed by atoms with van der Waals surface area (Å²) in [5, 5.41) is 18.4. The molecule has 4 N–H and O–H groups in total. The van der Waals surface area contributed by atoms with Crippen LogP contribution in [0.2, 0.25) is 0 Å². The van der Waals surface area contributed by atoms with Gasteiger partial charge in [-0.25, -0.2) is 9.18 Å². The number of carboxylic acids is 1. The minimum atomic E-state index is -1.38. The molecular formula is C14H13FN2O4. The first kappa shape index (κ1) is 13.6. The molecule has 1 aliphatic rings. The molecule has 2 aromatic rings. The number of halogens is 1. The van der Waals surface area contributed by atoms with Crippen molar-refractivity contribution in [3.05, 3.63) is 39.4 Å². The lowest BCUT2D eigenvalue weighted by Gasteiger charge is -2.15. The largest absolute Gasteiger partial charge is 0.477 e. The summed E-state index contributed by atoms with van der Waals surface area (Å²) in [5.74, 6) is -2.26. The van der Waals surface area contributed by atoms with Gasteiger partial charge >= 0.3 is 5.97 Å². The number of fused-ring (bicyclic) bond motifs is 1. The first-order valence-electron chi connectivity index (χ1n) is 6.45. The average molecular weight is 292 g/mol. The lowest BCUT2D eigenvalue weighted by Crippen LogP contribution is -2.21. The van der Waals surface area contributed by atoms with Crippen LogP contribution in [0.1, 0.15) is 34.8 Å². The monoisotopic (exact) mass is 292 g/mol. The van der Waals surface area contributed by atoms with Crippen LogP contribution in [0.4, 0.5) is 10.1 Å². The van der Waals surface area contributed by atoms with E-state index in [1.54, 1.807) is 4.57 Å². The van der Waals surface area contributed by atoms with Crippen LogP contribution in [-0.4, -0.2) is 20.7 Å². The van der Waals surface area contributed by atoms with Crippen LogP contribution in [0.15, 0.2) is 17.1 Å². The molecule has 3 rings (SSSR count). The Bertz CT molecular complexity index is 824. The van der Waals surface area contributed by atoms with Gasteiger partial charge in [-0.1, -0.05) is 0 Å². The molecule has 0 bridgehead atoms. The van der Waals surface area contributed by atoms with Crippen molar-refractivity contribution >= 4 is 22.6 Å². The second-order valence-corrected chi connectivity index (χ2v) is 5.13. The number of aromatic nitrogens is 1. The number of nitrogens with two attached hydrogens (primary N) is 1. The molecular weight excluding hydrogens is 279 g/mol. The number of nitrogens with zero attached hydrogens (tertiary/aromatic N) is 1. The number of anilines is 1. The molecule has 7 heteroatoms. The summed E-state index contributed by atoms with van der Waals surface area (Å²) in [6.45, 7) is -0.726. The summed E-state index contributed by atoms with van der Waals surface area (Å²) in [6.07, 6.45) is 2.97. The van der Waals surface area contributed by atoms with Crippen LogP contribution < -0.4 is 11.2 Å². The van der Waals surface area contributed by atoms with Crippen molar-refractivity contribution in [3.8, 4) is 0 Å². The fraction of sp³-hybridized carbons (Fsp3) is 0.286. The van der Waals surface area contributed by atoms with Gasteiger partial charge in [0.15, 0.2) is 5.82 Å². The maximum atomic E-state index is 14.0. The third kappa shape index (κ3) is 1.97. The molecule has 0 radical (unpaired) electrons. The first-order valence-corrected chi connectivity index (χ1v) is 6.45. The molecule has 0 unspecified atom stereocenters. The highest BCUT2D eigenvalue weighted by atomic mass is 19.1. The Balaban J connectivity index is 2.53. The molecule has 0 saturated heterocycles. The first-order chi connectivity index (χ1) is 9.95. The number of carboxylic acid groups (broad SMARTS) is 1. The van der Waals surface area contributed by atoms with Gasteiger partial charge in [0, 0.05) is 17.8 Å². The fourth-order valence-corrected chi connectivity index (χ4v) is 2.54. The van der Waals surface area contributed by atoms with E-state index >= 15 is 0 Å². The minimum absolute atomic E-state index is 0.0719. The lowest BCUT2D eigenvalue weighted by atomic mass is 10.0. The molecule has 1 aromatic heterocycles. The van der Waals surface area contributed by atoms with Crippen molar-refractivity contribution in [1.29, 1.82) is 0 Å². The third-order valence-electron chi connectivity index (χ3n) is 3.72. The van der Waals surface area contributed by atoms with Gasteiger partial charge in [-0.05, 0) is 18.9 Å². The zero-order chi connectivity index (χ0) is 15.3. The number of aliphatic hydroxyl groups is 1. The van der Waals surface area contributed by atoms with Crippen molar-refractivity contribution in [2.24, 2.45) is 0 Å². The van der Waals surface area contributed by atoms with Crippen LogP contribution in [0.5, 0.6) is 0 Å². The van der Waals surface area contributed by atoms with E-state index in [1.807, 2.05) is 0 Å². The van der Waals surface area contributed by atoms with E-state index in [9.17, 15) is 19.1 Å². The summed E-state index contributed by atoms with van der Waals surface area (Å²) < 4.78 is 15.6. The Kier molecular flexibility index (Phi) is 2.94. The summed E-state index contributed by atoms with van der Waals surface area (Å²) in [6, 6.07) is 1.39. The van der Waals surface area contributed by atoms with Gasteiger partial charge in [-0.2, -0.15) is 0 Å². The third-order valence-corrected chi connectivity index (χ3v) is 3.72. The van der Waals surface area contributed by atoms with E-state index in [-0.39, 0.29) is 22.7 Å². The molecule has 0 amide bonds. The number of aromatic carboxylic acids is 1. The molecule has 1 fully saturated rings. The predicted octanol–water partition coefficient (Wildman–Crippen LogP) is 1.25. The molecule has 0 aliphatic heterocycles. The van der Waals surface area contributed by atoms with Gasteiger partial charge in [-0.3, -0.25) is 4.79 Å². The van der Waals surface area contributed by atoms with Crippen LogP contribution in [0, 0.1) is 5.82 Å². The van der Waals surface area contributed by atoms with Crippen molar-refractivity contribution < 1.29 is 19.4 Å². The molecule has 1 aliphatic carbocycles. The number of benzene rings is 1. The molecule has 0 atom stereocenters. The fourth-order valence-electron chi connectivity index (χ4n) is 2.54. The van der Waals surface area contributed by atoms with Crippen molar-refractivity contribution in [1.82, 2.24) is 4.57 Å². The summed E-state index contributed by atoms with van der Waals surface area (Å²) in [5.41, 5.74) is 4.26. The second-order valence-electron chi connectivity index (χ2n) is 5.13. The number of carbonyl (C=O) groups is 1. The zero-order valence-corrected chi connectivity index (χ0v) is 11.0. The second kappa shape index (κ2) is 4.56. The van der Waals surface area contributed by atoms with Crippen LogP contribution in [0.3, 0.4) is 0 Å². The minimum Gasteiger partial charge on any atom is -0.477 e. The van der Waals surface area contributed by atoms with Crippen molar-refractivity contribution in [2.75, 3.05) is 5.73 Å². The number of pyridine rings is 1. The van der Waals surface area contributed by atoms with E-state index in [2.05, 4.69) is 0 Å². The standard InChI is InChI=1S/C14H13FN2O4/c15-12-8(5-18)11-10(3-9(12)16)17(6-1-2-6)4-7(13(11)19)14(20)21/h3-4,6,18H,1-2,5,16H2,(H,20,21). The van der Waals surface area contributed by atoms with Gasteiger partial charge in [0.2, 0.25) is 5.43 Å². The van der Waals surface area contributed by atoms with E-state index in [0.717, 1.165) is 12.8 Å². The Morgan fingerprint density at radius 3 is 2.67 bits per heavy atom. The number of nitrogen functional groups attached to an aromatic ring is 1. The molecule has 21 heavy (non-hydrogen) atoms. The number of aliphatic hydroxyl groups excluding tert-OH is 1. The highest BCUT2D eigenvalue weighted by Gasteiger charge is 2.28. The van der Waals surface area contributed by atoms with Crippen LogP contribution in [-0.2, 0) is 6.61 Å².